The van der Waals surface area contributed by atoms with E-state index in [-0.39, 0.29) is 5.41 Å². The van der Waals surface area contributed by atoms with Crippen LogP contribution in [0.4, 0.5) is 5.13 Å². The molecular formula is C13H16N4S. The number of thiazole rings is 1. The standard InChI is InChI=1S/C13H16N4S/c1-13(2,3)11-9-18-12(16-11)17-15-8-10-5-4-6-14-7-10/h4-9H,1-3H3,(H,16,17). The maximum absolute atomic E-state index is 4.49. The van der Waals surface area contributed by atoms with Crippen LogP contribution in [0.5, 0.6) is 0 Å². The van der Waals surface area contributed by atoms with Crippen LogP contribution in [0.25, 0.3) is 0 Å². The van der Waals surface area contributed by atoms with E-state index >= 15 is 0 Å². The summed E-state index contributed by atoms with van der Waals surface area (Å²) >= 11 is 1.56. The molecule has 0 amide bonds. The van der Waals surface area contributed by atoms with E-state index in [4.69, 9.17) is 0 Å². The van der Waals surface area contributed by atoms with Gasteiger partial charge in [0.2, 0.25) is 5.13 Å². The Morgan fingerprint density at radius 1 is 1.39 bits per heavy atom. The Bertz CT molecular complexity index is 525. The van der Waals surface area contributed by atoms with Gasteiger partial charge in [0.15, 0.2) is 0 Å². The number of nitrogens with one attached hydrogen (secondary N) is 1. The minimum absolute atomic E-state index is 0.0729. The smallest absolute Gasteiger partial charge is 0.203 e. The Labute approximate surface area is 111 Å². The predicted molar refractivity (Wildman–Crippen MR) is 76.3 cm³/mol. The number of aromatic nitrogens is 2. The average Bonchev–Trinajstić information content (AvgIpc) is 2.79. The third kappa shape index (κ3) is 3.37. The summed E-state index contributed by atoms with van der Waals surface area (Å²) in [6.45, 7) is 6.43. The lowest BCUT2D eigenvalue weighted by Gasteiger charge is -2.13. The van der Waals surface area contributed by atoms with Crippen molar-refractivity contribution in [3.63, 3.8) is 0 Å². The molecule has 5 heteroatoms. The molecule has 94 valence electrons. The van der Waals surface area contributed by atoms with Gasteiger partial charge in [-0.3, -0.25) is 10.4 Å². The lowest BCUT2D eigenvalue weighted by molar-refractivity contribution is 0.573. The first-order valence-corrected chi connectivity index (χ1v) is 6.59. The van der Waals surface area contributed by atoms with Gasteiger partial charge >= 0.3 is 0 Å². The van der Waals surface area contributed by atoms with Crippen LogP contribution in [0, 0.1) is 0 Å². The molecular weight excluding hydrogens is 244 g/mol. The number of hydrogen-bond donors (Lipinski definition) is 1. The predicted octanol–water partition coefficient (Wildman–Crippen LogP) is 3.28. The van der Waals surface area contributed by atoms with E-state index in [2.05, 4.69) is 46.6 Å². The summed E-state index contributed by atoms with van der Waals surface area (Å²) in [5.41, 5.74) is 5.04. The van der Waals surface area contributed by atoms with Gasteiger partial charge in [-0.15, -0.1) is 11.3 Å². The molecule has 2 rings (SSSR count). The molecule has 2 heterocycles. The monoisotopic (exact) mass is 260 g/mol. The summed E-state index contributed by atoms with van der Waals surface area (Å²) in [6, 6.07) is 3.82. The van der Waals surface area contributed by atoms with Crippen molar-refractivity contribution in [2.75, 3.05) is 5.43 Å². The van der Waals surface area contributed by atoms with Crippen LogP contribution in [0.15, 0.2) is 35.0 Å². The molecule has 18 heavy (non-hydrogen) atoms. The Morgan fingerprint density at radius 3 is 2.83 bits per heavy atom. The Hall–Kier alpha value is -1.75. The normalized spacial score (nSPS) is 11.9. The molecule has 2 aromatic rings. The third-order valence-corrected chi connectivity index (χ3v) is 3.08. The van der Waals surface area contributed by atoms with Crippen LogP contribution in [-0.2, 0) is 5.41 Å². The molecule has 0 atom stereocenters. The summed E-state index contributed by atoms with van der Waals surface area (Å²) in [4.78, 5) is 8.51. The largest absolute Gasteiger partial charge is 0.264 e. The molecule has 0 saturated heterocycles. The van der Waals surface area contributed by atoms with Gasteiger partial charge in [0.1, 0.15) is 0 Å². The first-order valence-electron chi connectivity index (χ1n) is 5.71. The molecule has 0 aromatic carbocycles. The van der Waals surface area contributed by atoms with E-state index in [1.54, 1.807) is 29.9 Å². The van der Waals surface area contributed by atoms with Crippen molar-refractivity contribution in [2.24, 2.45) is 5.10 Å². The molecule has 0 aliphatic carbocycles. The highest BCUT2D eigenvalue weighted by Crippen LogP contribution is 2.26. The van der Waals surface area contributed by atoms with Gasteiger partial charge in [-0.1, -0.05) is 26.8 Å². The molecule has 0 radical (unpaired) electrons. The van der Waals surface area contributed by atoms with Crippen molar-refractivity contribution in [3.05, 3.63) is 41.2 Å². The minimum atomic E-state index is 0.0729. The molecule has 0 unspecified atom stereocenters. The fraction of sp³-hybridized carbons (Fsp3) is 0.308. The summed E-state index contributed by atoms with van der Waals surface area (Å²) in [5.74, 6) is 0. The highest BCUT2D eigenvalue weighted by Gasteiger charge is 2.17. The fourth-order valence-electron chi connectivity index (χ4n) is 1.28. The molecule has 2 aromatic heterocycles. The first kappa shape index (κ1) is 12.7. The lowest BCUT2D eigenvalue weighted by atomic mass is 9.93. The van der Waals surface area contributed by atoms with Gasteiger partial charge in [0.25, 0.3) is 0 Å². The van der Waals surface area contributed by atoms with Gasteiger partial charge < -0.3 is 0 Å². The fourth-order valence-corrected chi connectivity index (χ4v) is 2.17. The van der Waals surface area contributed by atoms with E-state index in [1.807, 2.05) is 12.1 Å². The van der Waals surface area contributed by atoms with Crippen molar-refractivity contribution in [3.8, 4) is 0 Å². The van der Waals surface area contributed by atoms with Crippen LogP contribution in [0.3, 0.4) is 0 Å². The van der Waals surface area contributed by atoms with Crippen LogP contribution < -0.4 is 5.43 Å². The van der Waals surface area contributed by atoms with E-state index < -0.39 is 0 Å². The van der Waals surface area contributed by atoms with Gasteiger partial charge in [0.05, 0.1) is 11.9 Å². The van der Waals surface area contributed by atoms with Crippen LogP contribution in [0.1, 0.15) is 32.0 Å². The summed E-state index contributed by atoms with van der Waals surface area (Å²) in [6.07, 6.45) is 5.22. The molecule has 4 nitrogen and oxygen atoms in total. The van der Waals surface area contributed by atoms with Crippen molar-refractivity contribution in [1.29, 1.82) is 0 Å². The minimum Gasteiger partial charge on any atom is -0.264 e. The van der Waals surface area contributed by atoms with E-state index in [0.29, 0.717) is 0 Å². The number of rotatable bonds is 3. The van der Waals surface area contributed by atoms with Crippen molar-refractivity contribution in [1.82, 2.24) is 9.97 Å². The number of pyridine rings is 1. The Morgan fingerprint density at radius 2 is 2.22 bits per heavy atom. The van der Waals surface area contributed by atoms with Gasteiger partial charge in [-0.05, 0) is 6.07 Å². The quantitative estimate of drug-likeness (QED) is 0.680. The second kappa shape index (κ2) is 5.27. The van der Waals surface area contributed by atoms with E-state index in [0.717, 1.165) is 16.4 Å². The summed E-state index contributed by atoms with van der Waals surface area (Å²) in [5, 5.41) is 7.00. The first-order chi connectivity index (χ1) is 8.55. The molecule has 0 spiro atoms. The molecule has 0 saturated carbocycles. The maximum atomic E-state index is 4.49. The van der Waals surface area contributed by atoms with Crippen LogP contribution >= 0.6 is 11.3 Å². The van der Waals surface area contributed by atoms with E-state index in [1.165, 1.54) is 0 Å². The Kier molecular flexibility index (Phi) is 3.72. The SMILES string of the molecule is CC(C)(C)c1csc(NN=Cc2cccnc2)n1. The molecule has 1 N–H and O–H groups in total. The zero-order valence-electron chi connectivity index (χ0n) is 10.7. The molecule has 0 aliphatic heterocycles. The van der Waals surface area contributed by atoms with Gasteiger partial charge in [-0.25, -0.2) is 4.98 Å². The van der Waals surface area contributed by atoms with Crippen LogP contribution in [-0.4, -0.2) is 16.2 Å². The molecule has 0 fully saturated rings. The van der Waals surface area contributed by atoms with Gasteiger partial charge in [-0.2, -0.15) is 5.10 Å². The number of hydrogen-bond acceptors (Lipinski definition) is 5. The highest BCUT2D eigenvalue weighted by atomic mass is 32.1. The second-order valence-corrected chi connectivity index (χ2v) is 5.80. The third-order valence-electron chi connectivity index (χ3n) is 2.33. The maximum Gasteiger partial charge on any atom is 0.203 e. The molecule has 0 bridgehead atoms. The highest BCUT2D eigenvalue weighted by molar-refractivity contribution is 7.13. The topological polar surface area (TPSA) is 50.2 Å². The zero-order chi connectivity index (χ0) is 13.0. The van der Waals surface area contributed by atoms with E-state index in [9.17, 15) is 0 Å². The van der Waals surface area contributed by atoms with Gasteiger partial charge in [0, 0.05) is 28.8 Å². The number of hydrazone groups is 1. The second-order valence-electron chi connectivity index (χ2n) is 4.94. The Balaban J connectivity index is 1.99. The summed E-state index contributed by atoms with van der Waals surface area (Å²) < 4.78 is 0. The lowest BCUT2D eigenvalue weighted by Crippen LogP contribution is -2.11. The summed E-state index contributed by atoms with van der Waals surface area (Å²) in [7, 11) is 0. The van der Waals surface area contributed by atoms with Crippen molar-refractivity contribution >= 4 is 22.7 Å². The van der Waals surface area contributed by atoms with Crippen molar-refractivity contribution in [2.45, 2.75) is 26.2 Å². The molecule has 0 aliphatic rings. The average molecular weight is 260 g/mol. The number of anilines is 1. The van der Waals surface area contributed by atoms with Crippen molar-refractivity contribution < 1.29 is 0 Å². The number of nitrogens with zero attached hydrogens (tertiary/aromatic N) is 3. The zero-order valence-corrected chi connectivity index (χ0v) is 11.5. The van der Waals surface area contributed by atoms with Crippen LogP contribution in [0.2, 0.25) is 0 Å².